The molecule has 28 heavy (non-hydrogen) atoms. The van der Waals surface area contributed by atoms with Gasteiger partial charge in [-0.2, -0.15) is 0 Å². The summed E-state index contributed by atoms with van der Waals surface area (Å²) in [5.74, 6) is 0.378. The summed E-state index contributed by atoms with van der Waals surface area (Å²) in [5.41, 5.74) is 5.96. The Morgan fingerprint density at radius 3 is 2.75 bits per heavy atom. The van der Waals surface area contributed by atoms with Crippen LogP contribution in [0.1, 0.15) is 21.5 Å². The van der Waals surface area contributed by atoms with Crippen LogP contribution in [-0.2, 0) is 0 Å². The summed E-state index contributed by atoms with van der Waals surface area (Å²) in [6, 6.07) is 17.2. The fraction of sp³-hybridized carbons (Fsp3) is 0.0909. The van der Waals surface area contributed by atoms with Crippen molar-refractivity contribution in [3.8, 4) is 11.5 Å². The molecule has 1 amide bonds. The van der Waals surface area contributed by atoms with Gasteiger partial charge >= 0.3 is 0 Å². The second-order valence-electron chi connectivity index (χ2n) is 6.61. The Balaban J connectivity index is 1.66. The number of benzene rings is 3. The van der Waals surface area contributed by atoms with Gasteiger partial charge in [0.25, 0.3) is 5.91 Å². The molecule has 1 heterocycles. The number of hydrogen-bond acceptors (Lipinski definition) is 3. The molecule has 0 spiro atoms. The van der Waals surface area contributed by atoms with E-state index in [1.54, 1.807) is 0 Å². The van der Waals surface area contributed by atoms with E-state index in [4.69, 9.17) is 4.42 Å². The Morgan fingerprint density at radius 2 is 1.93 bits per heavy atom. The van der Waals surface area contributed by atoms with Crippen molar-refractivity contribution in [1.29, 1.82) is 0 Å². The zero-order valence-electron chi connectivity index (χ0n) is 15.2. The molecule has 6 heteroatoms. The molecule has 1 aromatic heterocycles. The summed E-state index contributed by atoms with van der Waals surface area (Å²) in [6.07, 6.45) is 0. The predicted octanol–water partition coefficient (Wildman–Crippen LogP) is 6.73. The monoisotopic (exact) mass is 546 g/mol. The molecule has 1 N–H and O–H groups in total. The van der Waals surface area contributed by atoms with Gasteiger partial charge in [-0.3, -0.25) is 4.79 Å². The molecule has 0 bridgehead atoms. The van der Waals surface area contributed by atoms with Gasteiger partial charge < -0.3 is 9.73 Å². The highest BCUT2D eigenvalue weighted by molar-refractivity contribution is 14.1. The number of rotatable bonds is 3. The molecule has 0 unspecified atom stereocenters. The summed E-state index contributed by atoms with van der Waals surface area (Å²) in [6.45, 7) is 4.06. The summed E-state index contributed by atoms with van der Waals surface area (Å²) in [7, 11) is 0. The van der Waals surface area contributed by atoms with Crippen LogP contribution in [0.4, 0.5) is 5.69 Å². The van der Waals surface area contributed by atoms with E-state index >= 15 is 0 Å². The number of carbonyl (C=O) groups is 1. The van der Waals surface area contributed by atoms with Gasteiger partial charge in [-0.1, -0.05) is 28.1 Å². The van der Waals surface area contributed by atoms with Crippen LogP contribution in [0.15, 0.2) is 63.5 Å². The number of hydrogen-bond donors (Lipinski definition) is 1. The van der Waals surface area contributed by atoms with Crippen LogP contribution in [-0.4, -0.2) is 10.9 Å². The minimum atomic E-state index is -0.160. The molecule has 0 atom stereocenters. The number of fused-ring (bicyclic) bond motifs is 1. The smallest absolute Gasteiger partial charge is 0.256 e. The van der Waals surface area contributed by atoms with E-state index in [0.29, 0.717) is 17.1 Å². The van der Waals surface area contributed by atoms with Gasteiger partial charge in [-0.05, 0) is 90.0 Å². The van der Waals surface area contributed by atoms with E-state index in [2.05, 4.69) is 54.9 Å². The van der Waals surface area contributed by atoms with Crippen molar-refractivity contribution in [2.45, 2.75) is 13.8 Å². The molecule has 3 aromatic carbocycles. The number of aromatic nitrogens is 1. The standard InChI is InChI=1S/C22H16BrIN2O2/c1-12-8-13(2)20-19(9-12)26-22(28-20)14-4-3-5-16(10-14)25-21(27)17-11-15(23)6-7-18(17)24/h3-11H,1-2H3,(H,25,27). The molecule has 4 nitrogen and oxygen atoms in total. The average Bonchev–Trinajstić information content (AvgIpc) is 3.08. The third-order valence-electron chi connectivity index (χ3n) is 4.36. The largest absolute Gasteiger partial charge is 0.436 e. The Labute approximate surface area is 184 Å². The molecule has 0 aliphatic heterocycles. The number of oxazole rings is 1. The lowest BCUT2D eigenvalue weighted by Gasteiger charge is -2.08. The number of nitrogens with zero attached hydrogens (tertiary/aromatic N) is 1. The van der Waals surface area contributed by atoms with E-state index in [1.165, 1.54) is 0 Å². The number of carbonyl (C=O) groups excluding carboxylic acids is 1. The molecule has 0 aliphatic carbocycles. The van der Waals surface area contributed by atoms with Crippen molar-refractivity contribution in [3.05, 3.63) is 79.3 Å². The maximum atomic E-state index is 12.7. The number of halogens is 2. The van der Waals surface area contributed by atoms with Gasteiger partial charge in [0.05, 0.1) is 5.56 Å². The van der Waals surface area contributed by atoms with Crippen LogP contribution in [0.5, 0.6) is 0 Å². The van der Waals surface area contributed by atoms with Crippen molar-refractivity contribution in [2.24, 2.45) is 0 Å². The molecule has 0 fully saturated rings. The predicted molar refractivity (Wildman–Crippen MR) is 124 cm³/mol. The van der Waals surface area contributed by atoms with Gasteiger partial charge in [0.2, 0.25) is 5.89 Å². The SMILES string of the molecule is Cc1cc(C)c2oc(-c3cccc(NC(=O)c4cc(Br)ccc4I)c3)nc2c1. The normalized spacial score (nSPS) is 11.0. The Morgan fingerprint density at radius 1 is 1.11 bits per heavy atom. The van der Waals surface area contributed by atoms with E-state index in [1.807, 2.05) is 62.4 Å². The number of aryl methyl sites for hydroxylation is 2. The highest BCUT2D eigenvalue weighted by Crippen LogP contribution is 2.29. The van der Waals surface area contributed by atoms with Crippen molar-refractivity contribution < 1.29 is 9.21 Å². The van der Waals surface area contributed by atoms with Crippen LogP contribution in [0.3, 0.4) is 0 Å². The zero-order chi connectivity index (χ0) is 19.8. The van der Waals surface area contributed by atoms with Crippen molar-refractivity contribution in [1.82, 2.24) is 4.98 Å². The summed E-state index contributed by atoms with van der Waals surface area (Å²) in [4.78, 5) is 17.3. The van der Waals surface area contributed by atoms with Gasteiger partial charge in [0, 0.05) is 19.3 Å². The number of amides is 1. The third-order valence-corrected chi connectivity index (χ3v) is 5.79. The zero-order valence-corrected chi connectivity index (χ0v) is 19.0. The first-order valence-corrected chi connectivity index (χ1v) is 10.5. The van der Waals surface area contributed by atoms with Crippen molar-refractivity contribution in [2.75, 3.05) is 5.32 Å². The quantitative estimate of drug-likeness (QED) is 0.290. The van der Waals surface area contributed by atoms with Crippen LogP contribution < -0.4 is 5.32 Å². The molecule has 0 radical (unpaired) electrons. The van der Waals surface area contributed by atoms with Gasteiger partial charge in [-0.25, -0.2) is 4.98 Å². The number of anilines is 1. The Hall–Kier alpha value is -2.19. The first kappa shape index (κ1) is 19.1. The lowest BCUT2D eigenvalue weighted by molar-refractivity contribution is 0.102. The van der Waals surface area contributed by atoms with E-state index in [-0.39, 0.29) is 5.91 Å². The van der Waals surface area contributed by atoms with Crippen LogP contribution in [0, 0.1) is 17.4 Å². The first-order valence-electron chi connectivity index (χ1n) is 8.65. The average molecular weight is 547 g/mol. The molecule has 0 aliphatic rings. The Bertz CT molecular complexity index is 1220. The molecular weight excluding hydrogens is 531 g/mol. The third kappa shape index (κ3) is 3.84. The van der Waals surface area contributed by atoms with Crippen molar-refractivity contribution >= 4 is 61.2 Å². The van der Waals surface area contributed by atoms with E-state index in [9.17, 15) is 4.79 Å². The minimum Gasteiger partial charge on any atom is -0.436 e. The van der Waals surface area contributed by atoms with Crippen molar-refractivity contribution in [3.63, 3.8) is 0 Å². The molecule has 4 aromatic rings. The highest BCUT2D eigenvalue weighted by atomic mass is 127. The number of nitrogens with one attached hydrogen (secondary N) is 1. The maximum Gasteiger partial charge on any atom is 0.256 e. The van der Waals surface area contributed by atoms with Gasteiger partial charge in [-0.15, -0.1) is 0 Å². The molecule has 0 saturated carbocycles. The van der Waals surface area contributed by atoms with Gasteiger partial charge in [0.15, 0.2) is 5.58 Å². The molecule has 4 rings (SSSR count). The second kappa shape index (κ2) is 7.67. The van der Waals surface area contributed by atoms with Gasteiger partial charge in [0.1, 0.15) is 5.52 Å². The second-order valence-corrected chi connectivity index (χ2v) is 8.69. The van der Waals surface area contributed by atoms with Crippen LogP contribution >= 0.6 is 38.5 Å². The molecular formula is C22H16BrIN2O2. The fourth-order valence-electron chi connectivity index (χ4n) is 3.10. The summed E-state index contributed by atoms with van der Waals surface area (Å²) < 4.78 is 7.74. The summed E-state index contributed by atoms with van der Waals surface area (Å²) in [5, 5.41) is 2.96. The first-order chi connectivity index (χ1) is 13.4. The van der Waals surface area contributed by atoms with E-state index < -0.39 is 0 Å². The topological polar surface area (TPSA) is 55.1 Å². The Kier molecular flexibility index (Phi) is 5.25. The fourth-order valence-corrected chi connectivity index (χ4v) is 4.04. The molecule has 0 saturated heterocycles. The maximum absolute atomic E-state index is 12.7. The molecule has 140 valence electrons. The van der Waals surface area contributed by atoms with Crippen LogP contribution in [0.2, 0.25) is 0 Å². The van der Waals surface area contributed by atoms with E-state index in [0.717, 1.165) is 35.8 Å². The lowest BCUT2D eigenvalue weighted by Crippen LogP contribution is -2.13. The minimum absolute atomic E-state index is 0.160. The highest BCUT2D eigenvalue weighted by Gasteiger charge is 2.14. The van der Waals surface area contributed by atoms with Crippen LogP contribution in [0.25, 0.3) is 22.6 Å². The lowest BCUT2D eigenvalue weighted by atomic mass is 10.1. The summed E-state index contributed by atoms with van der Waals surface area (Å²) >= 11 is 5.57.